The minimum atomic E-state index is 0.340. The molecule has 0 fully saturated rings. The van der Waals surface area contributed by atoms with E-state index in [1.165, 1.54) is 16.0 Å². The van der Waals surface area contributed by atoms with Crippen LogP contribution < -0.4 is 10.6 Å². The molecule has 0 radical (unpaired) electrons. The summed E-state index contributed by atoms with van der Waals surface area (Å²) in [7, 11) is 6.02. The third-order valence-electron chi connectivity index (χ3n) is 3.72. The number of benzene rings is 1. The molecule has 23 heavy (non-hydrogen) atoms. The molecule has 1 atom stereocenters. The zero-order valence-corrected chi connectivity index (χ0v) is 15.2. The lowest BCUT2D eigenvalue weighted by molar-refractivity contribution is 0.302. The van der Waals surface area contributed by atoms with Crippen molar-refractivity contribution in [1.29, 1.82) is 0 Å². The summed E-state index contributed by atoms with van der Waals surface area (Å²) in [6.45, 7) is 3.70. The predicted octanol–water partition coefficient (Wildman–Crippen LogP) is 3.02. The van der Waals surface area contributed by atoms with Gasteiger partial charge in [0, 0.05) is 25.0 Å². The number of thiophene rings is 1. The van der Waals surface area contributed by atoms with Crippen molar-refractivity contribution in [3.8, 4) is 0 Å². The summed E-state index contributed by atoms with van der Waals surface area (Å²) in [6, 6.07) is 13.1. The second kappa shape index (κ2) is 8.70. The van der Waals surface area contributed by atoms with E-state index in [1.807, 2.05) is 0 Å². The zero-order valence-electron chi connectivity index (χ0n) is 14.3. The van der Waals surface area contributed by atoms with Crippen molar-refractivity contribution in [3.05, 3.63) is 57.8 Å². The predicted molar refractivity (Wildman–Crippen MR) is 100 cm³/mol. The molecular weight excluding hydrogens is 304 g/mol. The molecule has 4 nitrogen and oxygen atoms in total. The Bertz CT molecular complexity index is 620. The highest BCUT2D eigenvalue weighted by Gasteiger charge is 2.15. The van der Waals surface area contributed by atoms with Crippen LogP contribution in [0.15, 0.2) is 46.8 Å². The molecule has 0 amide bonds. The van der Waals surface area contributed by atoms with Crippen molar-refractivity contribution in [2.75, 3.05) is 27.7 Å². The molecule has 0 saturated carbocycles. The molecule has 1 aromatic carbocycles. The maximum absolute atomic E-state index is 4.32. The first-order chi connectivity index (χ1) is 11.1. The first kappa shape index (κ1) is 17.5. The number of hydrogen-bond donors (Lipinski definition) is 2. The molecule has 1 heterocycles. The Morgan fingerprint density at radius 2 is 2.04 bits per heavy atom. The molecule has 0 aliphatic heterocycles. The fourth-order valence-corrected chi connectivity index (χ4v) is 3.36. The Labute approximate surface area is 143 Å². The lowest BCUT2D eigenvalue weighted by atomic mass is 10.1. The van der Waals surface area contributed by atoms with Crippen LogP contribution in [0.5, 0.6) is 0 Å². The van der Waals surface area contributed by atoms with E-state index in [0.29, 0.717) is 6.04 Å². The van der Waals surface area contributed by atoms with Crippen LogP contribution in [0.1, 0.15) is 22.0 Å². The van der Waals surface area contributed by atoms with Crippen molar-refractivity contribution < 1.29 is 0 Å². The van der Waals surface area contributed by atoms with Gasteiger partial charge in [-0.1, -0.05) is 35.9 Å². The highest BCUT2D eigenvalue weighted by Crippen LogP contribution is 2.22. The second-order valence-electron chi connectivity index (χ2n) is 5.79. The van der Waals surface area contributed by atoms with E-state index in [-0.39, 0.29) is 0 Å². The fourth-order valence-electron chi connectivity index (χ4n) is 2.44. The summed E-state index contributed by atoms with van der Waals surface area (Å²) in [5.74, 6) is 0.829. The molecule has 0 aliphatic rings. The first-order valence-electron chi connectivity index (χ1n) is 7.80. The van der Waals surface area contributed by atoms with Crippen LogP contribution in [0.25, 0.3) is 0 Å². The smallest absolute Gasteiger partial charge is 0.191 e. The quantitative estimate of drug-likeness (QED) is 0.632. The Morgan fingerprint density at radius 1 is 1.22 bits per heavy atom. The molecule has 2 N–H and O–H groups in total. The van der Waals surface area contributed by atoms with E-state index < -0.39 is 0 Å². The van der Waals surface area contributed by atoms with Gasteiger partial charge >= 0.3 is 0 Å². The molecule has 0 saturated heterocycles. The van der Waals surface area contributed by atoms with Crippen LogP contribution >= 0.6 is 11.3 Å². The van der Waals surface area contributed by atoms with Gasteiger partial charge in [-0.05, 0) is 38.0 Å². The number of likely N-dealkylation sites (N-methyl/N-ethyl adjacent to an activating group) is 1. The van der Waals surface area contributed by atoms with Gasteiger partial charge in [-0.25, -0.2) is 0 Å². The summed E-state index contributed by atoms with van der Waals surface area (Å²) in [4.78, 5) is 7.90. The van der Waals surface area contributed by atoms with E-state index in [2.05, 4.69) is 83.3 Å². The maximum Gasteiger partial charge on any atom is 0.191 e. The average molecular weight is 331 g/mol. The fraction of sp³-hybridized carbons (Fsp3) is 0.389. The Morgan fingerprint density at radius 3 is 2.65 bits per heavy atom. The molecule has 124 valence electrons. The van der Waals surface area contributed by atoms with E-state index >= 15 is 0 Å². The third-order valence-corrected chi connectivity index (χ3v) is 4.70. The van der Waals surface area contributed by atoms with Crippen LogP contribution in [-0.2, 0) is 6.54 Å². The monoisotopic (exact) mass is 330 g/mol. The number of hydrogen-bond acceptors (Lipinski definition) is 3. The van der Waals surface area contributed by atoms with Crippen molar-refractivity contribution in [2.45, 2.75) is 19.5 Å². The van der Waals surface area contributed by atoms with Gasteiger partial charge in [-0.2, -0.15) is 0 Å². The topological polar surface area (TPSA) is 39.7 Å². The largest absolute Gasteiger partial charge is 0.354 e. The standard InChI is InChI=1S/C18H26N4S/c1-14-7-5-8-15(11-14)12-20-18(19-2)21-13-16(22(3)4)17-9-6-10-23-17/h5-11,16H,12-13H2,1-4H3,(H2,19,20,21). The van der Waals surface area contributed by atoms with Crippen LogP contribution in [-0.4, -0.2) is 38.5 Å². The Hall–Kier alpha value is -1.85. The molecule has 5 heteroatoms. The van der Waals surface area contributed by atoms with Gasteiger partial charge in [0.25, 0.3) is 0 Å². The molecule has 1 unspecified atom stereocenters. The van der Waals surface area contributed by atoms with Crippen LogP contribution in [0, 0.1) is 6.92 Å². The summed E-state index contributed by atoms with van der Waals surface area (Å²) in [5.41, 5.74) is 2.54. The normalized spacial score (nSPS) is 13.2. The highest BCUT2D eigenvalue weighted by molar-refractivity contribution is 7.10. The summed E-state index contributed by atoms with van der Waals surface area (Å²) in [6.07, 6.45) is 0. The first-order valence-corrected chi connectivity index (χ1v) is 8.68. The summed E-state index contributed by atoms with van der Waals surface area (Å²) in [5, 5.41) is 8.93. The second-order valence-corrected chi connectivity index (χ2v) is 6.77. The number of rotatable bonds is 6. The van der Waals surface area contributed by atoms with Crippen LogP contribution in [0.4, 0.5) is 0 Å². The lowest BCUT2D eigenvalue weighted by Gasteiger charge is -2.24. The van der Waals surface area contributed by atoms with Gasteiger partial charge in [0.2, 0.25) is 0 Å². The van der Waals surface area contributed by atoms with Crippen molar-refractivity contribution in [2.24, 2.45) is 4.99 Å². The van der Waals surface area contributed by atoms with Crippen molar-refractivity contribution in [1.82, 2.24) is 15.5 Å². The maximum atomic E-state index is 4.32. The van der Waals surface area contributed by atoms with Crippen molar-refractivity contribution in [3.63, 3.8) is 0 Å². The van der Waals surface area contributed by atoms with Crippen LogP contribution in [0.2, 0.25) is 0 Å². The molecule has 2 rings (SSSR count). The number of guanidine groups is 1. The lowest BCUT2D eigenvalue weighted by Crippen LogP contribution is -2.41. The molecule has 0 spiro atoms. The van der Waals surface area contributed by atoms with Gasteiger partial charge < -0.3 is 15.5 Å². The van der Waals surface area contributed by atoms with E-state index in [9.17, 15) is 0 Å². The average Bonchev–Trinajstić information content (AvgIpc) is 3.04. The minimum absolute atomic E-state index is 0.340. The number of nitrogens with one attached hydrogen (secondary N) is 2. The highest BCUT2D eigenvalue weighted by atomic mass is 32.1. The number of aryl methyl sites for hydroxylation is 1. The Balaban J connectivity index is 1.89. The van der Waals surface area contributed by atoms with Gasteiger partial charge in [-0.15, -0.1) is 11.3 Å². The van der Waals surface area contributed by atoms with Gasteiger partial charge in [0.05, 0.1) is 6.04 Å². The van der Waals surface area contributed by atoms with Gasteiger partial charge in [0.1, 0.15) is 0 Å². The van der Waals surface area contributed by atoms with Crippen molar-refractivity contribution >= 4 is 17.3 Å². The van der Waals surface area contributed by atoms with E-state index in [4.69, 9.17) is 0 Å². The molecule has 2 aromatic rings. The number of nitrogens with zero attached hydrogens (tertiary/aromatic N) is 2. The van der Waals surface area contributed by atoms with Gasteiger partial charge in [-0.3, -0.25) is 4.99 Å². The summed E-state index contributed by atoms with van der Waals surface area (Å²) < 4.78 is 0. The molecule has 0 aliphatic carbocycles. The third kappa shape index (κ3) is 5.37. The summed E-state index contributed by atoms with van der Waals surface area (Å²) >= 11 is 1.79. The van der Waals surface area contributed by atoms with Crippen LogP contribution in [0.3, 0.4) is 0 Å². The number of aliphatic imine (C=N–C) groups is 1. The zero-order chi connectivity index (χ0) is 16.7. The molecular formula is C18H26N4S. The minimum Gasteiger partial charge on any atom is -0.354 e. The Kier molecular flexibility index (Phi) is 6.62. The van der Waals surface area contributed by atoms with Gasteiger partial charge in [0.15, 0.2) is 5.96 Å². The van der Waals surface area contributed by atoms with E-state index in [0.717, 1.165) is 19.0 Å². The van der Waals surface area contributed by atoms with E-state index in [1.54, 1.807) is 18.4 Å². The SMILES string of the molecule is CN=C(NCc1cccc(C)c1)NCC(c1cccs1)N(C)C. The molecule has 0 bridgehead atoms. The molecule has 1 aromatic heterocycles.